The third kappa shape index (κ3) is 3.73. The minimum Gasteiger partial charge on any atom is -0.468 e. The number of nitrogens with zero attached hydrogens (tertiary/aromatic N) is 4. The molecule has 0 aromatic heterocycles. The first-order valence-electron chi connectivity index (χ1n) is 11.6. The molecule has 13 nitrogen and oxygen atoms in total. The fourth-order valence-electron chi connectivity index (χ4n) is 6.21. The third-order valence-corrected chi connectivity index (χ3v) is 7.54. The van der Waals surface area contributed by atoms with Crippen LogP contribution in [-0.2, 0) is 23.9 Å². The average molecular weight is 527 g/mol. The van der Waals surface area contributed by atoms with Gasteiger partial charge in [0.2, 0.25) is 0 Å². The number of hydrogen-bond donors (Lipinski definition) is 0. The van der Waals surface area contributed by atoms with Gasteiger partial charge in [0, 0.05) is 37.4 Å². The van der Waals surface area contributed by atoms with Gasteiger partial charge in [0.1, 0.15) is 0 Å². The van der Waals surface area contributed by atoms with Gasteiger partial charge in [0.05, 0.1) is 36.1 Å². The number of hydrogen-bond acceptors (Lipinski definition) is 11. The number of methoxy groups -OCH3 is 2. The molecule has 2 aliphatic heterocycles. The monoisotopic (exact) mass is 526 g/mol. The van der Waals surface area contributed by atoms with E-state index in [2.05, 4.69) is 0 Å². The molecule has 2 aromatic rings. The molecule has 13 heteroatoms. The van der Waals surface area contributed by atoms with Crippen LogP contribution in [0.25, 0.3) is 0 Å². The fraction of sp³-hybridized carbons (Fsp3) is 0.400. The number of fused-ring (bicyclic) bond motifs is 2. The number of ether oxygens (including phenoxy) is 2. The van der Waals surface area contributed by atoms with E-state index in [0.29, 0.717) is 11.1 Å². The summed E-state index contributed by atoms with van der Waals surface area (Å²) in [6.45, 7) is -0.174. The average Bonchev–Trinajstić information content (AvgIpc) is 2.90. The summed E-state index contributed by atoms with van der Waals surface area (Å²) in [6, 6.07) is 8.92. The van der Waals surface area contributed by atoms with Gasteiger partial charge >= 0.3 is 11.9 Å². The lowest BCUT2D eigenvalue weighted by atomic mass is 9.54. The number of carbonyl (C=O) groups excluding carboxylic acids is 3. The molecule has 2 saturated heterocycles. The van der Waals surface area contributed by atoms with Gasteiger partial charge in [-0.05, 0) is 25.2 Å². The highest BCUT2D eigenvalue weighted by molar-refractivity contribution is 6.17. The van der Waals surface area contributed by atoms with Gasteiger partial charge in [-0.2, -0.15) is 0 Å². The number of nitro groups is 2. The topological polar surface area (TPSA) is 162 Å². The van der Waals surface area contributed by atoms with Crippen molar-refractivity contribution in [2.75, 3.05) is 41.4 Å². The molecule has 0 saturated carbocycles. The number of benzene rings is 2. The molecule has 4 atom stereocenters. The normalized spacial score (nSPS) is 27.4. The Balaban J connectivity index is 2.03. The molecular formula is C25H26N4O9. The van der Waals surface area contributed by atoms with Crippen molar-refractivity contribution >= 4 is 29.1 Å². The number of carbonyl (C=O) groups is 3. The summed E-state index contributed by atoms with van der Waals surface area (Å²) in [5.74, 6) is -2.43. The zero-order valence-electron chi connectivity index (χ0n) is 21.2. The Labute approximate surface area is 217 Å². The molecule has 2 aliphatic rings. The Morgan fingerprint density at radius 1 is 0.789 bits per heavy atom. The van der Waals surface area contributed by atoms with Crippen LogP contribution >= 0.6 is 0 Å². The Hall–Kier alpha value is -4.23. The lowest BCUT2D eigenvalue weighted by Gasteiger charge is -2.60. The molecule has 2 fully saturated rings. The van der Waals surface area contributed by atoms with Gasteiger partial charge < -0.3 is 14.4 Å². The van der Waals surface area contributed by atoms with E-state index < -0.39 is 50.5 Å². The van der Waals surface area contributed by atoms with E-state index in [1.165, 1.54) is 48.5 Å². The third-order valence-electron chi connectivity index (χ3n) is 7.54. The fourth-order valence-corrected chi connectivity index (χ4v) is 6.21. The molecule has 0 radical (unpaired) electrons. The van der Waals surface area contributed by atoms with Gasteiger partial charge in [-0.25, -0.2) is 0 Å². The first-order valence-corrected chi connectivity index (χ1v) is 11.6. The number of esters is 2. The van der Waals surface area contributed by atoms with Gasteiger partial charge in [-0.1, -0.05) is 24.3 Å². The molecule has 0 aliphatic carbocycles. The maximum atomic E-state index is 14.6. The van der Waals surface area contributed by atoms with Crippen LogP contribution in [-0.4, -0.2) is 78.8 Å². The van der Waals surface area contributed by atoms with Crippen molar-refractivity contribution in [1.82, 2.24) is 9.80 Å². The minimum atomic E-state index is -1.89. The number of nitro benzene ring substituents is 2. The summed E-state index contributed by atoms with van der Waals surface area (Å²) in [4.78, 5) is 66.4. The van der Waals surface area contributed by atoms with Crippen molar-refractivity contribution in [3.8, 4) is 0 Å². The largest absolute Gasteiger partial charge is 0.468 e. The molecule has 2 bridgehead atoms. The van der Waals surface area contributed by atoms with E-state index in [9.17, 15) is 34.6 Å². The molecule has 38 heavy (non-hydrogen) atoms. The van der Waals surface area contributed by atoms with Crippen LogP contribution in [0.2, 0.25) is 0 Å². The summed E-state index contributed by atoms with van der Waals surface area (Å²) in [5, 5.41) is 22.5. The van der Waals surface area contributed by atoms with Gasteiger partial charge in [0.15, 0.2) is 16.6 Å². The minimum absolute atomic E-state index is 0.0871. The molecule has 0 N–H and O–H groups in total. The number of ketones is 1. The highest BCUT2D eigenvalue weighted by atomic mass is 16.6. The zero-order valence-corrected chi connectivity index (χ0v) is 21.2. The highest BCUT2D eigenvalue weighted by Gasteiger charge is 2.74. The molecular weight excluding hydrogens is 500 g/mol. The summed E-state index contributed by atoms with van der Waals surface area (Å²) in [7, 11) is 5.58. The second kappa shape index (κ2) is 9.58. The number of piperidine rings is 2. The summed E-state index contributed by atoms with van der Waals surface area (Å²) >= 11 is 0. The van der Waals surface area contributed by atoms with E-state index in [1.54, 1.807) is 23.9 Å². The number of Topliss-reactive ketones (excluding diaryl/α,β-unsaturated/α-hetero) is 1. The summed E-state index contributed by atoms with van der Waals surface area (Å²) in [5.41, 5.74) is -3.31. The van der Waals surface area contributed by atoms with Gasteiger partial charge in [-0.15, -0.1) is 0 Å². The van der Waals surface area contributed by atoms with E-state index in [4.69, 9.17) is 9.47 Å². The van der Waals surface area contributed by atoms with Gasteiger partial charge in [-0.3, -0.25) is 39.5 Å². The number of likely N-dealkylation sites (tertiary alicyclic amines) is 2. The maximum absolute atomic E-state index is 14.6. The quantitative estimate of drug-likeness (QED) is 0.234. The Kier molecular flexibility index (Phi) is 6.76. The first kappa shape index (κ1) is 26.8. The van der Waals surface area contributed by atoms with E-state index in [1.807, 2.05) is 0 Å². The molecule has 0 amide bonds. The van der Waals surface area contributed by atoms with Crippen molar-refractivity contribution < 1.29 is 33.7 Å². The van der Waals surface area contributed by atoms with Crippen molar-refractivity contribution in [3.63, 3.8) is 0 Å². The molecule has 0 spiro atoms. The Bertz CT molecular complexity index is 1220. The van der Waals surface area contributed by atoms with Crippen LogP contribution in [0.4, 0.5) is 11.4 Å². The zero-order chi connectivity index (χ0) is 28.0. The second-order valence-electron chi connectivity index (χ2n) is 9.60. The Morgan fingerprint density at radius 2 is 1.13 bits per heavy atom. The smallest absolute Gasteiger partial charge is 0.322 e. The van der Waals surface area contributed by atoms with E-state index in [-0.39, 0.29) is 24.5 Å². The SMILES string of the molecule is COC(=O)[C@@]12CN(C)C[C@@](C(=O)OC)(C1=O)[C@H](c1ccc([N+](=O)[O-])cc1)N(C)[C@H]2c1ccc([N+](=O)[O-])cc1. The standard InChI is InChI=1S/C25H26N4O9/c1-26-13-24(22(31)37-3)19(15-5-9-17(10-6-15)28(33)34)27(2)20(16-7-11-18(12-8-16)29(35)36)25(14-26,21(24)30)23(32)38-4/h5-12,19-20H,13-14H2,1-4H3/t19-,20-,24-,25+/m0/s1. The lowest BCUT2D eigenvalue weighted by molar-refractivity contribution is -0.385. The highest BCUT2D eigenvalue weighted by Crippen LogP contribution is 2.60. The predicted octanol–water partition coefficient (Wildman–Crippen LogP) is 2.06. The van der Waals surface area contributed by atoms with Crippen LogP contribution in [0.5, 0.6) is 0 Å². The van der Waals surface area contributed by atoms with Crippen molar-refractivity contribution in [2.24, 2.45) is 10.8 Å². The maximum Gasteiger partial charge on any atom is 0.322 e. The molecule has 200 valence electrons. The van der Waals surface area contributed by atoms with Crippen LogP contribution in [0, 0.1) is 31.1 Å². The van der Waals surface area contributed by atoms with Crippen LogP contribution in [0.1, 0.15) is 23.2 Å². The summed E-state index contributed by atoms with van der Waals surface area (Å²) < 4.78 is 10.3. The Morgan fingerprint density at radius 3 is 1.42 bits per heavy atom. The van der Waals surface area contributed by atoms with Crippen LogP contribution < -0.4 is 0 Å². The number of non-ortho nitro benzene ring substituents is 2. The van der Waals surface area contributed by atoms with Crippen LogP contribution in [0.15, 0.2) is 48.5 Å². The lowest BCUT2D eigenvalue weighted by Crippen LogP contribution is -2.75. The number of rotatable bonds is 6. The van der Waals surface area contributed by atoms with E-state index >= 15 is 0 Å². The molecule has 2 heterocycles. The first-order chi connectivity index (χ1) is 17.9. The summed E-state index contributed by atoms with van der Waals surface area (Å²) in [6.07, 6.45) is 0. The van der Waals surface area contributed by atoms with Crippen LogP contribution in [0.3, 0.4) is 0 Å². The molecule has 4 rings (SSSR count). The predicted molar refractivity (Wildman–Crippen MR) is 131 cm³/mol. The molecule has 0 unspecified atom stereocenters. The van der Waals surface area contributed by atoms with Crippen molar-refractivity contribution in [2.45, 2.75) is 12.1 Å². The van der Waals surface area contributed by atoms with Crippen molar-refractivity contribution in [1.29, 1.82) is 0 Å². The molecule has 2 aromatic carbocycles. The van der Waals surface area contributed by atoms with Crippen molar-refractivity contribution in [3.05, 3.63) is 79.9 Å². The second-order valence-corrected chi connectivity index (χ2v) is 9.60. The van der Waals surface area contributed by atoms with Gasteiger partial charge in [0.25, 0.3) is 11.4 Å². The van der Waals surface area contributed by atoms with E-state index in [0.717, 1.165) is 14.2 Å².